The lowest BCUT2D eigenvalue weighted by molar-refractivity contribution is 0.0958. The molecule has 0 saturated carbocycles. The number of rotatable bonds is 7. The highest BCUT2D eigenvalue weighted by atomic mass is 16.5. The summed E-state index contributed by atoms with van der Waals surface area (Å²) in [5.74, 6) is 1.46. The third kappa shape index (κ3) is 4.40. The maximum atomic E-state index is 9.49. The van der Waals surface area contributed by atoms with Gasteiger partial charge in [0.25, 0.3) is 0 Å². The number of phenolic OH excluding ortho intramolecular Hbond substituents is 1. The zero-order valence-electron chi connectivity index (χ0n) is 15.1. The number of benzene rings is 1. The molecule has 6 heteroatoms. The second kappa shape index (κ2) is 8.36. The van der Waals surface area contributed by atoms with Gasteiger partial charge in [-0.3, -0.25) is 0 Å². The van der Waals surface area contributed by atoms with E-state index in [1.165, 1.54) is 0 Å². The number of nitriles is 1. The molecule has 2 rings (SSSR count). The second-order valence-corrected chi connectivity index (χ2v) is 5.64. The average Bonchev–Trinajstić information content (AvgIpc) is 2.57. The number of aryl methyl sites for hydroxylation is 1. The molecule has 132 valence electrons. The van der Waals surface area contributed by atoms with Crippen molar-refractivity contribution in [3.05, 3.63) is 41.5 Å². The Balaban J connectivity index is 2.44. The minimum Gasteiger partial charge on any atom is -0.508 e. The van der Waals surface area contributed by atoms with Gasteiger partial charge in [-0.2, -0.15) is 5.26 Å². The third-order valence-electron chi connectivity index (χ3n) is 3.83. The fourth-order valence-electron chi connectivity index (χ4n) is 2.63. The Morgan fingerprint density at radius 2 is 2.00 bits per heavy atom. The van der Waals surface area contributed by atoms with E-state index in [-0.39, 0.29) is 12.0 Å². The molecule has 1 atom stereocenters. The molecule has 0 spiro atoms. The summed E-state index contributed by atoms with van der Waals surface area (Å²) >= 11 is 0. The van der Waals surface area contributed by atoms with Crippen LogP contribution in [0, 0.1) is 18.3 Å². The fourth-order valence-corrected chi connectivity index (χ4v) is 2.63. The molecule has 25 heavy (non-hydrogen) atoms. The monoisotopic (exact) mass is 340 g/mol. The van der Waals surface area contributed by atoms with Gasteiger partial charge < -0.3 is 20.1 Å². The molecule has 1 unspecified atom stereocenters. The standard InChI is InChI=1S/C19H24N4O2/c1-5-23(15-7-9-16(24)10-8-15)18-11-13(3)17(12-20)19(22-18)21-14(4)25-6-2/h7-11,14,24H,5-6H2,1-4H3,(H,21,22). The topological polar surface area (TPSA) is 81.4 Å². The van der Waals surface area contributed by atoms with Crippen LogP contribution in [0.25, 0.3) is 0 Å². The van der Waals surface area contributed by atoms with Crippen LogP contribution in [0.3, 0.4) is 0 Å². The molecule has 1 aromatic heterocycles. The number of phenols is 1. The van der Waals surface area contributed by atoms with Gasteiger partial charge in [-0.15, -0.1) is 0 Å². The number of hydrogen-bond donors (Lipinski definition) is 2. The first-order valence-corrected chi connectivity index (χ1v) is 8.36. The Morgan fingerprint density at radius 1 is 1.32 bits per heavy atom. The molecule has 0 radical (unpaired) electrons. The van der Waals surface area contributed by atoms with Crippen LogP contribution in [0.1, 0.15) is 31.9 Å². The first kappa shape index (κ1) is 18.6. The molecule has 0 saturated heterocycles. The molecule has 1 heterocycles. The van der Waals surface area contributed by atoms with E-state index in [0.717, 1.165) is 17.1 Å². The summed E-state index contributed by atoms with van der Waals surface area (Å²) in [6.45, 7) is 8.99. The zero-order valence-corrected chi connectivity index (χ0v) is 15.1. The second-order valence-electron chi connectivity index (χ2n) is 5.64. The van der Waals surface area contributed by atoms with Gasteiger partial charge in [-0.25, -0.2) is 4.98 Å². The van der Waals surface area contributed by atoms with Gasteiger partial charge in [0.2, 0.25) is 0 Å². The summed E-state index contributed by atoms with van der Waals surface area (Å²) < 4.78 is 5.51. The molecule has 2 aromatic rings. The molecule has 0 aliphatic rings. The first-order valence-electron chi connectivity index (χ1n) is 8.36. The van der Waals surface area contributed by atoms with Crippen molar-refractivity contribution in [2.75, 3.05) is 23.4 Å². The van der Waals surface area contributed by atoms with Gasteiger partial charge >= 0.3 is 0 Å². The Kier molecular flexibility index (Phi) is 6.20. The third-order valence-corrected chi connectivity index (χ3v) is 3.83. The smallest absolute Gasteiger partial charge is 0.148 e. The van der Waals surface area contributed by atoms with Crippen LogP contribution in [0.2, 0.25) is 0 Å². The van der Waals surface area contributed by atoms with Crippen molar-refractivity contribution in [2.24, 2.45) is 0 Å². The lowest BCUT2D eigenvalue weighted by atomic mass is 10.1. The Hall–Kier alpha value is -2.78. The van der Waals surface area contributed by atoms with Gasteiger partial charge in [0, 0.05) is 18.8 Å². The van der Waals surface area contributed by atoms with Gasteiger partial charge in [0.1, 0.15) is 29.7 Å². The van der Waals surface area contributed by atoms with Crippen molar-refractivity contribution >= 4 is 17.3 Å². The number of pyridine rings is 1. The van der Waals surface area contributed by atoms with E-state index < -0.39 is 0 Å². The lowest BCUT2D eigenvalue weighted by Crippen LogP contribution is -2.23. The van der Waals surface area contributed by atoms with E-state index >= 15 is 0 Å². The summed E-state index contributed by atoms with van der Waals surface area (Å²) in [5.41, 5.74) is 2.27. The van der Waals surface area contributed by atoms with Crippen LogP contribution in [0.15, 0.2) is 30.3 Å². The van der Waals surface area contributed by atoms with E-state index in [1.54, 1.807) is 12.1 Å². The van der Waals surface area contributed by atoms with Crippen LogP contribution in [0.4, 0.5) is 17.3 Å². The normalized spacial score (nSPS) is 11.6. The Morgan fingerprint density at radius 3 is 2.56 bits per heavy atom. The van der Waals surface area contributed by atoms with Crippen LogP contribution >= 0.6 is 0 Å². The van der Waals surface area contributed by atoms with E-state index in [9.17, 15) is 10.4 Å². The van der Waals surface area contributed by atoms with Gasteiger partial charge in [-0.1, -0.05) is 0 Å². The molecular weight excluding hydrogens is 316 g/mol. The summed E-state index contributed by atoms with van der Waals surface area (Å²) in [5, 5.41) is 22.1. The van der Waals surface area contributed by atoms with Crippen molar-refractivity contribution in [1.29, 1.82) is 5.26 Å². The van der Waals surface area contributed by atoms with Crippen molar-refractivity contribution < 1.29 is 9.84 Å². The predicted octanol–water partition coefficient (Wildman–Crippen LogP) is 3.92. The quantitative estimate of drug-likeness (QED) is 0.744. The fraction of sp³-hybridized carbons (Fsp3) is 0.368. The molecule has 0 fully saturated rings. The van der Waals surface area contributed by atoms with Gasteiger partial charge in [-0.05, 0) is 63.6 Å². The highest BCUT2D eigenvalue weighted by molar-refractivity contribution is 5.67. The van der Waals surface area contributed by atoms with Crippen molar-refractivity contribution in [1.82, 2.24) is 4.98 Å². The number of nitrogens with one attached hydrogen (secondary N) is 1. The number of hydrogen-bond acceptors (Lipinski definition) is 6. The Labute approximate surface area is 148 Å². The molecule has 0 aliphatic heterocycles. The molecule has 0 bridgehead atoms. The van der Waals surface area contributed by atoms with Crippen LogP contribution in [0.5, 0.6) is 5.75 Å². The maximum Gasteiger partial charge on any atom is 0.148 e. The van der Waals surface area contributed by atoms with Gasteiger partial charge in [0.15, 0.2) is 0 Å². The average molecular weight is 340 g/mol. The van der Waals surface area contributed by atoms with E-state index in [2.05, 4.69) is 16.4 Å². The minimum absolute atomic E-state index is 0.219. The Bertz CT molecular complexity index is 753. The maximum absolute atomic E-state index is 9.49. The highest BCUT2D eigenvalue weighted by Gasteiger charge is 2.16. The number of aromatic hydroxyl groups is 1. The SMILES string of the molecule is CCOC(C)Nc1nc(N(CC)c2ccc(O)cc2)cc(C)c1C#N. The summed E-state index contributed by atoms with van der Waals surface area (Å²) in [6.07, 6.45) is -0.247. The number of ether oxygens (including phenoxy) is 1. The molecular formula is C19H24N4O2. The molecule has 1 aromatic carbocycles. The molecule has 6 nitrogen and oxygen atoms in total. The van der Waals surface area contributed by atoms with Crippen LogP contribution < -0.4 is 10.2 Å². The van der Waals surface area contributed by atoms with Crippen molar-refractivity contribution in [3.8, 4) is 11.8 Å². The summed E-state index contributed by atoms with van der Waals surface area (Å²) in [7, 11) is 0. The molecule has 0 amide bonds. The van der Waals surface area contributed by atoms with Crippen molar-refractivity contribution in [2.45, 2.75) is 33.9 Å². The molecule has 0 aliphatic carbocycles. The van der Waals surface area contributed by atoms with E-state index in [1.807, 2.05) is 50.8 Å². The largest absolute Gasteiger partial charge is 0.508 e. The van der Waals surface area contributed by atoms with Crippen LogP contribution in [-0.2, 0) is 4.74 Å². The summed E-state index contributed by atoms with van der Waals surface area (Å²) in [6, 6.07) is 11.1. The lowest BCUT2D eigenvalue weighted by Gasteiger charge is -2.24. The van der Waals surface area contributed by atoms with Gasteiger partial charge in [0.05, 0.1) is 5.56 Å². The minimum atomic E-state index is -0.247. The van der Waals surface area contributed by atoms with E-state index in [0.29, 0.717) is 24.5 Å². The molecule has 2 N–H and O–H groups in total. The number of nitrogens with zero attached hydrogens (tertiary/aromatic N) is 3. The summed E-state index contributed by atoms with van der Waals surface area (Å²) in [4.78, 5) is 6.66. The predicted molar refractivity (Wildman–Crippen MR) is 99.2 cm³/mol. The van der Waals surface area contributed by atoms with Crippen LogP contribution in [-0.4, -0.2) is 29.5 Å². The van der Waals surface area contributed by atoms with E-state index in [4.69, 9.17) is 4.74 Å². The number of anilines is 3. The van der Waals surface area contributed by atoms with Crippen molar-refractivity contribution in [3.63, 3.8) is 0 Å². The number of aromatic nitrogens is 1. The first-order chi connectivity index (χ1) is 12.0. The zero-order chi connectivity index (χ0) is 18.4. The highest BCUT2D eigenvalue weighted by Crippen LogP contribution is 2.29.